The molecule has 1 aromatic rings. The first kappa shape index (κ1) is 18.0. The number of likely N-dealkylation sites (tertiary alicyclic amines) is 1. The molecule has 1 N–H and O–H groups in total. The zero-order chi connectivity index (χ0) is 17.8. The summed E-state index contributed by atoms with van der Waals surface area (Å²) in [7, 11) is 0. The Morgan fingerprint density at radius 1 is 1.20 bits per heavy atom. The fourth-order valence-corrected chi connectivity index (χ4v) is 4.11. The summed E-state index contributed by atoms with van der Waals surface area (Å²) >= 11 is 0. The average Bonchev–Trinajstić information content (AvgIpc) is 2.65. The summed E-state index contributed by atoms with van der Waals surface area (Å²) in [6.45, 7) is 6.13. The normalized spacial score (nSPS) is 23.2. The van der Waals surface area contributed by atoms with E-state index >= 15 is 0 Å². The molecular formula is C21H30N2O2. The standard InChI is InChI=1S/C21H30N2O2/c1-15(2)20(24)22-13-16-7-6-12-23(14-16)21(25)19-11-5-9-17-8-3-4-10-18(17)19/h3-4,8,10,15-16,19H,5-7,9,11-14H2,1-2H3,(H,22,24). The number of benzene rings is 1. The summed E-state index contributed by atoms with van der Waals surface area (Å²) in [5, 5.41) is 3.03. The van der Waals surface area contributed by atoms with Crippen molar-refractivity contribution in [2.24, 2.45) is 11.8 Å². The highest BCUT2D eigenvalue weighted by Gasteiger charge is 2.32. The van der Waals surface area contributed by atoms with E-state index < -0.39 is 0 Å². The first-order valence-electron chi connectivity index (χ1n) is 9.70. The molecule has 1 fully saturated rings. The van der Waals surface area contributed by atoms with Crippen LogP contribution in [-0.4, -0.2) is 36.3 Å². The zero-order valence-electron chi connectivity index (χ0n) is 15.5. The van der Waals surface area contributed by atoms with E-state index in [0.717, 1.165) is 45.2 Å². The molecule has 2 aliphatic rings. The van der Waals surface area contributed by atoms with Gasteiger partial charge in [-0.15, -0.1) is 0 Å². The minimum Gasteiger partial charge on any atom is -0.356 e. The van der Waals surface area contributed by atoms with E-state index in [2.05, 4.69) is 23.5 Å². The molecular weight excluding hydrogens is 312 g/mol. The van der Waals surface area contributed by atoms with Gasteiger partial charge in [0.25, 0.3) is 0 Å². The number of nitrogens with one attached hydrogen (secondary N) is 1. The van der Waals surface area contributed by atoms with Gasteiger partial charge in [0.05, 0.1) is 5.92 Å². The van der Waals surface area contributed by atoms with Crippen molar-refractivity contribution >= 4 is 11.8 Å². The van der Waals surface area contributed by atoms with Gasteiger partial charge in [-0.05, 0) is 49.1 Å². The molecule has 2 unspecified atom stereocenters. The van der Waals surface area contributed by atoms with Crippen molar-refractivity contribution in [2.45, 2.75) is 51.9 Å². The summed E-state index contributed by atoms with van der Waals surface area (Å²) in [5.41, 5.74) is 2.57. The summed E-state index contributed by atoms with van der Waals surface area (Å²) in [6.07, 6.45) is 5.26. The Morgan fingerprint density at radius 3 is 2.80 bits per heavy atom. The molecule has 2 amide bonds. The predicted octanol–water partition coefficient (Wildman–Crippen LogP) is 3.12. The number of fused-ring (bicyclic) bond motifs is 1. The number of amides is 2. The summed E-state index contributed by atoms with van der Waals surface area (Å²) in [4.78, 5) is 27.0. The Morgan fingerprint density at radius 2 is 2.00 bits per heavy atom. The highest BCUT2D eigenvalue weighted by Crippen LogP contribution is 2.33. The largest absolute Gasteiger partial charge is 0.356 e. The van der Waals surface area contributed by atoms with Gasteiger partial charge in [-0.3, -0.25) is 9.59 Å². The van der Waals surface area contributed by atoms with Gasteiger partial charge >= 0.3 is 0 Å². The molecule has 1 aromatic carbocycles. The first-order valence-corrected chi connectivity index (χ1v) is 9.70. The molecule has 1 heterocycles. The third-order valence-corrected chi connectivity index (χ3v) is 5.59. The van der Waals surface area contributed by atoms with Crippen LogP contribution < -0.4 is 5.32 Å². The molecule has 0 spiro atoms. The quantitative estimate of drug-likeness (QED) is 0.914. The van der Waals surface area contributed by atoms with Crippen LogP contribution in [-0.2, 0) is 16.0 Å². The van der Waals surface area contributed by atoms with Crippen LogP contribution in [0.2, 0.25) is 0 Å². The Kier molecular flexibility index (Phi) is 5.77. The topological polar surface area (TPSA) is 49.4 Å². The minimum atomic E-state index is 0.0140. The highest BCUT2D eigenvalue weighted by molar-refractivity contribution is 5.84. The maximum Gasteiger partial charge on any atom is 0.230 e. The molecule has 136 valence electrons. The molecule has 4 heteroatoms. The van der Waals surface area contributed by atoms with Gasteiger partial charge in [0.2, 0.25) is 11.8 Å². The van der Waals surface area contributed by atoms with Crippen LogP contribution in [0.3, 0.4) is 0 Å². The van der Waals surface area contributed by atoms with Crippen LogP contribution in [0.25, 0.3) is 0 Å². The fourth-order valence-electron chi connectivity index (χ4n) is 4.11. The van der Waals surface area contributed by atoms with Crippen molar-refractivity contribution in [3.05, 3.63) is 35.4 Å². The maximum atomic E-state index is 13.1. The lowest BCUT2D eigenvalue weighted by Gasteiger charge is -2.36. The van der Waals surface area contributed by atoms with Crippen LogP contribution in [0.4, 0.5) is 0 Å². The van der Waals surface area contributed by atoms with Gasteiger partial charge in [-0.2, -0.15) is 0 Å². The number of nitrogens with zero attached hydrogens (tertiary/aromatic N) is 1. The number of piperidine rings is 1. The molecule has 1 aliphatic heterocycles. The molecule has 0 bridgehead atoms. The average molecular weight is 342 g/mol. The minimum absolute atomic E-state index is 0.0140. The number of hydrogen-bond acceptors (Lipinski definition) is 2. The van der Waals surface area contributed by atoms with Gasteiger partial charge in [0.1, 0.15) is 0 Å². The van der Waals surface area contributed by atoms with Crippen molar-refractivity contribution in [3.63, 3.8) is 0 Å². The molecule has 0 saturated carbocycles. The third-order valence-electron chi connectivity index (χ3n) is 5.59. The number of rotatable bonds is 4. The fraction of sp³-hybridized carbons (Fsp3) is 0.619. The van der Waals surface area contributed by atoms with E-state index in [1.54, 1.807) is 0 Å². The second-order valence-electron chi connectivity index (χ2n) is 7.84. The molecule has 0 aromatic heterocycles. The van der Waals surface area contributed by atoms with E-state index in [4.69, 9.17) is 0 Å². The zero-order valence-corrected chi connectivity index (χ0v) is 15.5. The van der Waals surface area contributed by atoms with Gasteiger partial charge in [-0.1, -0.05) is 38.1 Å². The molecule has 0 radical (unpaired) electrons. The Hall–Kier alpha value is -1.84. The lowest BCUT2D eigenvalue weighted by molar-refractivity contribution is -0.135. The van der Waals surface area contributed by atoms with Crippen molar-refractivity contribution in [1.29, 1.82) is 0 Å². The summed E-state index contributed by atoms with van der Waals surface area (Å²) in [5.74, 6) is 0.796. The third kappa shape index (κ3) is 4.23. The molecule has 2 atom stereocenters. The number of carbonyl (C=O) groups excluding carboxylic acids is 2. The SMILES string of the molecule is CC(C)C(=O)NCC1CCCN(C(=O)C2CCCc3ccccc32)C1. The molecule has 25 heavy (non-hydrogen) atoms. The summed E-state index contributed by atoms with van der Waals surface area (Å²) in [6, 6.07) is 8.40. The van der Waals surface area contributed by atoms with Crippen LogP contribution in [0.5, 0.6) is 0 Å². The van der Waals surface area contributed by atoms with Gasteiger partial charge in [0.15, 0.2) is 0 Å². The van der Waals surface area contributed by atoms with Gasteiger partial charge in [-0.25, -0.2) is 0 Å². The lowest BCUT2D eigenvalue weighted by atomic mass is 9.81. The van der Waals surface area contributed by atoms with Crippen molar-refractivity contribution in [3.8, 4) is 0 Å². The van der Waals surface area contributed by atoms with Crippen LogP contribution in [0.15, 0.2) is 24.3 Å². The Bertz CT molecular complexity index is 626. The van der Waals surface area contributed by atoms with Crippen molar-refractivity contribution < 1.29 is 9.59 Å². The summed E-state index contributed by atoms with van der Waals surface area (Å²) < 4.78 is 0. The monoisotopic (exact) mass is 342 g/mol. The molecule has 3 rings (SSSR count). The van der Waals surface area contributed by atoms with Crippen molar-refractivity contribution in [1.82, 2.24) is 10.2 Å². The van der Waals surface area contributed by atoms with E-state index in [0.29, 0.717) is 12.5 Å². The molecule has 1 saturated heterocycles. The highest BCUT2D eigenvalue weighted by atomic mass is 16.2. The van der Waals surface area contributed by atoms with E-state index in [1.165, 1.54) is 11.1 Å². The predicted molar refractivity (Wildman–Crippen MR) is 99.3 cm³/mol. The maximum absolute atomic E-state index is 13.1. The first-order chi connectivity index (χ1) is 12.1. The van der Waals surface area contributed by atoms with Crippen LogP contribution in [0.1, 0.15) is 56.6 Å². The second-order valence-corrected chi connectivity index (χ2v) is 7.84. The molecule has 4 nitrogen and oxygen atoms in total. The number of carbonyl (C=O) groups is 2. The number of hydrogen-bond donors (Lipinski definition) is 1. The van der Waals surface area contributed by atoms with E-state index in [-0.39, 0.29) is 23.7 Å². The van der Waals surface area contributed by atoms with Gasteiger partial charge in [0, 0.05) is 25.6 Å². The smallest absolute Gasteiger partial charge is 0.230 e. The van der Waals surface area contributed by atoms with Gasteiger partial charge < -0.3 is 10.2 Å². The van der Waals surface area contributed by atoms with E-state index in [9.17, 15) is 9.59 Å². The molecule has 1 aliphatic carbocycles. The Balaban J connectivity index is 1.62. The Labute approximate surface area is 151 Å². The van der Waals surface area contributed by atoms with E-state index in [1.807, 2.05) is 24.8 Å². The van der Waals surface area contributed by atoms with Crippen LogP contribution >= 0.6 is 0 Å². The number of aryl methyl sites for hydroxylation is 1. The second kappa shape index (κ2) is 8.03. The lowest BCUT2D eigenvalue weighted by Crippen LogP contribution is -2.46. The van der Waals surface area contributed by atoms with Crippen LogP contribution in [0, 0.1) is 11.8 Å². The van der Waals surface area contributed by atoms with Crippen molar-refractivity contribution in [2.75, 3.05) is 19.6 Å².